The monoisotopic (exact) mass is 456 g/mol. The van der Waals surface area contributed by atoms with E-state index in [9.17, 15) is 9.59 Å². The van der Waals surface area contributed by atoms with Gasteiger partial charge in [0.25, 0.3) is 0 Å². The molecule has 0 saturated heterocycles. The number of anilines is 1. The molecule has 1 unspecified atom stereocenters. The topological polar surface area (TPSA) is 58.2 Å². The van der Waals surface area contributed by atoms with Crippen molar-refractivity contribution in [1.82, 2.24) is 5.32 Å². The van der Waals surface area contributed by atoms with E-state index < -0.39 is 0 Å². The molecule has 0 fully saturated rings. The Morgan fingerprint density at radius 1 is 0.964 bits per heavy atom. The van der Waals surface area contributed by atoms with Crippen molar-refractivity contribution >= 4 is 56.0 Å². The molecule has 0 aliphatic rings. The largest absolute Gasteiger partial charge is 0.349 e. The van der Waals surface area contributed by atoms with Gasteiger partial charge in [-0.25, -0.2) is 0 Å². The van der Waals surface area contributed by atoms with Crippen molar-refractivity contribution in [3.63, 3.8) is 0 Å². The van der Waals surface area contributed by atoms with Gasteiger partial charge in [-0.2, -0.15) is 0 Å². The normalized spacial score (nSPS) is 11.8. The Morgan fingerprint density at radius 2 is 1.68 bits per heavy atom. The first-order chi connectivity index (χ1) is 13.5. The number of benzene rings is 3. The van der Waals surface area contributed by atoms with E-state index in [-0.39, 0.29) is 29.4 Å². The molecule has 0 aromatic heterocycles. The zero-order valence-corrected chi connectivity index (χ0v) is 17.8. The average Bonchev–Trinajstić information content (AvgIpc) is 2.67. The zero-order valence-electron chi connectivity index (χ0n) is 15.4. The molecule has 1 atom stereocenters. The number of carbonyl (C=O) groups is 2. The lowest BCUT2D eigenvalue weighted by atomic mass is 10.00. The fourth-order valence-corrected chi connectivity index (χ4v) is 4.02. The average molecular weight is 457 g/mol. The molecule has 0 spiro atoms. The lowest BCUT2D eigenvalue weighted by Gasteiger charge is -2.16. The van der Waals surface area contributed by atoms with E-state index in [0.717, 1.165) is 26.5 Å². The lowest BCUT2D eigenvalue weighted by molar-refractivity contribution is -0.119. The molecular formula is C22H21BrN2O2S. The molecule has 6 heteroatoms. The first-order valence-electron chi connectivity index (χ1n) is 8.93. The van der Waals surface area contributed by atoms with Crippen molar-refractivity contribution < 1.29 is 9.59 Å². The maximum Gasteiger partial charge on any atom is 0.234 e. The first kappa shape index (κ1) is 20.4. The standard InChI is InChI=1S/C22H21BrN2O2S/c1-15(19-11-4-7-16-6-2-3-10-20(16)19)24-21(26)13-28-14-22(27)25-18-9-5-8-17(23)12-18/h2-12,15H,13-14H2,1H3,(H,24,26)(H,25,27). The Hall–Kier alpha value is -2.31. The minimum absolute atomic E-state index is 0.0827. The molecule has 0 bridgehead atoms. The Labute approximate surface area is 177 Å². The third-order valence-electron chi connectivity index (χ3n) is 4.24. The molecule has 4 nitrogen and oxygen atoms in total. The predicted octanol–water partition coefficient (Wildman–Crippen LogP) is 5.15. The van der Waals surface area contributed by atoms with Crippen LogP contribution in [0.25, 0.3) is 10.8 Å². The van der Waals surface area contributed by atoms with Crippen molar-refractivity contribution in [2.75, 3.05) is 16.8 Å². The van der Waals surface area contributed by atoms with Crippen LogP contribution in [-0.4, -0.2) is 23.3 Å². The van der Waals surface area contributed by atoms with Gasteiger partial charge in [-0.1, -0.05) is 64.5 Å². The zero-order chi connectivity index (χ0) is 19.9. The van der Waals surface area contributed by atoms with Crippen LogP contribution >= 0.6 is 27.7 Å². The molecule has 28 heavy (non-hydrogen) atoms. The number of amides is 2. The maximum absolute atomic E-state index is 12.3. The van der Waals surface area contributed by atoms with Gasteiger partial charge in [0, 0.05) is 10.2 Å². The second-order valence-electron chi connectivity index (χ2n) is 6.41. The maximum atomic E-state index is 12.3. The van der Waals surface area contributed by atoms with Gasteiger partial charge < -0.3 is 10.6 Å². The number of nitrogens with one attached hydrogen (secondary N) is 2. The smallest absolute Gasteiger partial charge is 0.234 e. The van der Waals surface area contributed by atoms with E-state index in [1.807, 2.05) is 55.5 Å². The molecule has 0 radical (unpaired) electrons. The number of hydrogen-bond donors (Lipinski definition) is 2. The van der Waals surface area contributed by atoms with E-state index in [1.54, 1.807) is 0 Å². The van der Waals surface area contributed by atoms with E-state index >= 15 is 0 Å². The van der Waals surface area contributed by atoms with Crippen LogP contribution in [-0.2, 0) is 9.59 Å². The van der Waals surface area contributed by atoms with Crippen molar-refractivity contribution in [3.05, 3.63) is 76.8 Å². The van der Waals surface area contributed by atoms with Gasteiger partial charge >= 0.3 is 0 Å². The second-order valence-corrected chi connectivity index (χ2v) is 8.31. The number of carbonyl (C=O) groups excluding carboxylic acids is 2. The first-order valence-corrected chi connectivity index (χ1v) is 10.9. The van der Waals surface area contributed by atoms with E-state index in [1.165, 1.54) is 11.8 Å². The van der Waals surface area contributed by atoms with Crippen LogP contribution < -0.4 is 10.6 Å². The fourth-order valence-electron chi connectivity index (χ4n) is 2.99. The third kappa shape index (κ3) is 5.59. The van der Waals surface area contributed by atoms with Gasteiger partial charge in [0.1, 0.15) is 0 Å². The van der Waals surface area contributed by atoms with Gasteiger partial charge in [-0.3, -0.25) is 9.59 Å². The van der Waals surface area contributed by atoms with Crippen molar-refractivity contribution in [3.8, 4) is 0 Å². The number of rotatable bonds is 7. The molecule has 3 aromatic carbocycles. The minimum atomic E-state index is -0.127. The van der Waals surface area contributed by atoms with Crippen LogP contribution in [0.5, 0.6) is 0 Å². The van der Waals surface area contributed by atoms with E-state index in [2.05, 4.69) is 44.8 Å². The molecule has 0 aliphatic heterocycles. The van der Waals surface area contributed by atoms with E-state index in [4.69, 9.17) is 0 Å². The van der Waals surface area contributed by atoms with Crippen LogP contribution in [0.4, 0.5) is 5.69 Å². The van der Waals surface area contributed by atoms with E-state index in [0.29, 0.717) is 0 Å². The summed E-state index contributed by atoms with van der Waals surface area (Å²) in [5.41, 5.74) is 1.82. The van der Waals surface area contributed by atoms with Crippen LogP contribution in [0.1, 0.15) is 18.5 Å². The molecule has 2 N–H and O–H groups in total. The summed E-state index contributed by atoms with van der Waals surface area (Å²) < 4.78 is 0.903. The van der Waals surface area contributed by atoms with Gasteiger partial charge in [0.2, 0.25) is 11.8 Å². The van der Waals surface area contributed by atoms with Crippen molar-refractivity contribution in [1.29, 1.82) is 0 Å². The van der Waals surface area contributed by atoms with Crippen molar-refractivity contribution in [2.45, 2.75) is 13.0 Å². The Morgan fingerprint density at radius 3 is 2.50 bits per heavy atom. The highest BCUT2D eigenvalue weighted by atomic mass is 79.9. The molecule has 3 aromatic rings. The highest BCUT2D eigenvalue weighted by Gasteiger charge is 2.13. The Balaban J connectivity index is 1.48. The van der Waals surface area contributed by atoms with Gasteiger partial charge in [-0.05, 0) is 41.5 Å². The minimum Gasteiger partial charge on any atom is -0.349 e. The SMILES string of the molecule is CC(NC(=O)CSCC(=O)Nc1cccc(Br)c1)c1cccc2ccccc12. The van der Waals surface area contributed by atoms with Crippen LogP contribution in [0.15, 0.2) is 71.2 Å². The molecule has 0 heterocycles. The number of fused-ring (bicyclic) bond motifs is 1. The third-order valence-corrected chi connectivity index (χ3v) is 5.67. The van der Waals surface area contributed by atoms with Crippen LogP contribution in [0.3, 0.4) is 0 Å². The quantitative estimate of drug-likeness (QED) is 0.516. The van der Waals surface area contributed by atoms with Crippen molar-refractivity contribution in [2.24, 2.45) is 0 Å². The highest BCUT2D eigenvalue weighted by Crippen LogP contribution is 2.24. The summed E-state index contributed by atoms with van der Waals surface area (Å²) in [6.45, 7) is 1.98. The summed E-state index contributed by atoms with van der Waals surface area (Å²) in [6, 6.07) is 21.5. The summed E-state index contributed by atoms with van der Waals surface area (Å²) in [6.07, 6.45) is 0. The predicted molar refractivity (Wildman–Crippen MR) is 121 cm³/mol. The molecular weight excluding hydrogens is 436 g/mol. The molecule has 3 rings (SSSR count). The van der Waals surface area contributed by atoms with Crippen LogP contribution in [0.2, 0.25) is 0 Å². The molecule has 2 amide bonds. The summed E-state index contributed by atoms with van der Waals surface area (Å²) in [5.74, 6) is 0.252. The number of hydrogen-bond acceptors (Lipinski definition) is 3. The summed E-state index contributed by atoms with van der Waals surface area (Å²) in [4.78, 5) is 24.3. The second kappa shape index (κ2) is 9.75. The summed E-state index contributed by atoms with van der Waals surface area (Å²) in [5, 5.41) is 8.13. The van der Waals surface area contributed by atoms with Gasteiger partial charge in [0.05, 0.1) is 17.5 Å². The number of thioether (sulfide) groups is 1. The van der Waals surface area contributed by atoms with Crippen LogP contribution in [0, 0.1) is 0 Å². The highest BCUT2D eigenvalue weighted by molar-refractivity contribution is 9.10. The molecule has 144 valence electrons. The lowest BCUT2D eigenvalue weighted by Crippen LogP contribution is -2.29. The Bertz CT molecular complexity index is 988. The molecule has 0 saturated carbocycles. The summed E-state index contributed by atoms with van der Waals surface area (Å²) >= 11 is 4.67. The van der Waals surface area contributed by atoms with Gasteiger partial charge in [-0.15, -0.1) is 11.8 Å². The Kier molecular flexibility index (Phi) is 7.12. The number of halogens is 1. The fraction of sp³-hybridized carbons (Fsp3) is 0.182. The summed E-state index contributed by atoms with van der Waals surface area (Å²) in [7, 11) is 0. The molecule has 0 aliphatic carbocycles. The van der Waals surface area contributed by atoms with Gasteiger partial charge in [0.15, 0.2) is 0 Å².